The van der Waals surface area contributed by atoms with E-state index in [0.29, 0.717) is 43.7 Å². The Morgan fingerprint density at radius 3 is 2.36 bits per heavy atom. The third-order valence-corrected chi connectivity index (χ3v) is 4.63. The summed E-state index contributed by atoms with van der Waals surface area (Å²) in [6.07, 6.45) is -2.83. The second kappa shape index (κ2) is 7.76. The molecule has 1 aromatic carbocycles. The molecule has 0 radical (unpaired) electrons. The van der Waals surface area contributed by atoms with Crippen molar-refractivity contribution in [1.29, 1.82) is 0 Å². The van der Waals surface area contributed by atoms with Crippen LogP contribution in [-0.2, 0) is 15.7 Å². The lowest BCUT2D eigenvalue weighted by atomic mass is 9.89. The van der Waals surface area contributed by atoms with Gasteiger partial charge in [-0.2, -0.15) is 13.2 Å². The van der Waals surface area contributed by atoms with Gasteiger partial charge < -0.3 is 20.1 Å². The standard InChI is InChI=1S/C19H20F3N3O3/c1-25(17(26)18(23)8-10-27-11-9-18)14-3-5-15(6-4-14)28-16-7-2-13(12-24-16)19(20,21)22/h2-7,12H,8-11,23H2,1H3. The molecule has 0 atom stereocenters. The second-order valence-corrected chi connectivity index (χ2v) is 6.61. The van der Waals surface area contributed by atoms with Gasteiger partial charge in [0, 0.05) is 38.2 Å². The number of halogens is 3. The minimum absolute atomic E-state index is 0.0355. The van der Waals surface area contributed by atoms with Gasteiger partial charge in [0.25, 0.3) is 0 Å². The van der Waals surface area contributed by atoms with E-state index in [2.05, 4.69) is 4.98 Å². The molecule has 3 rings (SSSR count). The molecule has 2 N–H and O–H groups in total. The van der Waals surface area contributed by atoms with E-state index in [1.807, 2.05) is 0 Å². The highest BCUT2D eigenvalue weighted by atomic mass is 19.4. The molecule has 0 unspecified atom stereocenters. The van der Waals surface area contributed by atoms with E-state index in [4.69, 9.17) is 15.2 Å². The van der Waals surface area contributed by atoms with Crippen LogP contribution < -0.4 is 15.4 Å². The number of nitrogens with two attached hydrogens (primary N) is 1. The lowest BCUT2D eigenvalue weighted by Gasteiger charge is -2.35. The van der Waals surface area contributed by atoms with Crippen LogP contribution in [0.25, 0.3) is 0 Å². The molecule has 2 aromatic rings. The van der Waals surface area contributed by atoms with Crippen molar-refractivity contribution in [2.45, 2.75) is 24.6 Å². The van der Waals surface area contributed by atoms with Gasteiger partial charge in [-0.3, -0.25) is 4.79 Å². The number of likely N-dealkylation sites (N-methyl/N-ethyl adjacent to an activating group) is 1. The van der Waals surface area contributed by atoms with E-state index < -0.39 is 17.3 Å². The van der Waals surface area contributed by atoms with Crippen LogP contribution in [0.1, 0.15) is 18.4 Å². The smallest absolute Gasteiger partial charge is 0.417 e. The Morgan fingerprint density at radius 2 is 1.82 bits per heavy atom. The summed E-state index contributed by atoms with van der Waals surface area (Å²) in [5, 5.41) is 0. The number of nitrogens with zero attached hydrogens (tertiary/aromatic N) is 2. The molecule has 1 aromatic heterocycles. The summed E-state index contributed by atoms with van der Waals surface area (Å²) in [4.78, 5) is 17.9. The molecule has 1 fully saturated rings. The van der Waals surface area contributed by atoms with E-state index in [1.165, 1.54) is 4.90 Å². The van der Waals surface area contributed by atoms with Gasteiger partial charge in [0.2, 0.25) is 11.8 Å². The number of amides is 1. The third-order valence-electron chi connectivity index (χ3n) is 4.63. The molecule has 0 spiro atoms. The zero-order valence-corrected chi connectivity index (χ0v) is 15.2. The summed E-state index contributed by atoms with van der Waals surface area (Å²) in [5.41, 5.74) is 5.05. The summed E-state index contributed by atoms with van der Waals surface area (Å²) in [6.45, 7) is 0.895. The molecule has 1 saturated heterocycles. The van der Waals surface area contributed by atoms with E-state index in [9.17, 15) is 18.0 Å². The first-order valence-corrected chi connectivity index (χ1v) is 8.65. The Balaban J connectivity index is 1.67. The SMILES string of the molecule is CN(C(=O)C1(N)CCOCC1)c1ccc(Oc2ccc(C(F)(F)F)cn2)cc1. The number of benzene rings is 1. The predicted octanol–water partition coefficient (Wildman–Crippen LogP) is 3.36. The lowest BCUT2D eigenvalue weighted by molar-refractivity contribution is -0.137. The second-order valence-electron chi connectivity index (χ2n) is 6.61. The van der Waals surface area contributed by atoms with Crippen molar-refractivity contribution in [1.82, 2.24) is 4.98 Å². The highest BCUT2D eigenvalue weighted by molar-refractivity contribution is 5.99. The quantitative estimate of drug-likeness (QED) is 0.859. The average molecular weight is 395 g/mol. The van der Waals surface area contributed by atoms with Crippen molar-refractivity contribution >= 4 is 11.6 Å². The molecule has 150 valence electrons. The number of alkyl halides is 3. The van der Waals surface area contributed by atoms with Crippen LogP contribution in [-0.4, -0.2) is 36.7 Å². The summed E-state index contributed by atoms with van der Waals surface area (Å²) in [6, 6.07) is 8.59. The highest BCUT2D eigenvalue weighted by Gasteiger charge is 2.38. The van der Waals surface area contributed by atoms with E-state index in [-0.39, 0.29) is 11.8 Å². The van der Waals surface area contributed by atoms with Crippen molar-refractivity contribution in [2.24, 2.45) is 5.73 Å². The van der Waals surface area contributed by atoms with Crippen molar-refractivity contribution in [3.8, 4) is 11.6 Å². The molecular formula is C19H20F3N3O3. The van der Waals surface area contributed by atoms with E-state index >= 15 is 0 Å². The van der Waals surface area contributed by atoms with Gasteiger partial charge in [0.15, 0.2) is 0 Å². The van der Waals surface area contributed by atoms with E-state index in [1.54, 1.807) is 31.3 Å². The summed E-state index contributed by atoms with van der Waals surface area (Å²) in [5.74, 6) is 0.215. The number of carbonyl (C=O) groups excluding carboxylic acids is 1. The maximum atomic E-state index is 12.7. The minimum atomic E-state index is -4.45. The maximum absolute atomic E-state index is 12.7. The van der Waals surface area contributed by atoms with Crippen LogP contribution in [0.3, 0.4) is 0 Å². The van der Waals surface area contributed by atoms with Crippen molar-refractivity contribution in [3.63, 3.8) is 0 Å². The first kappa shape index (κ1) is 20.1. The largest absolute Gasteiger partial charge is 0.439 e. The van der Waals surface area contributed by atoms with Crippen LogP contribution in [0.4, 0.5) is 18.9 Å². The van der Waals surface area contributed by atoms with Gasteiger partial charge in [-0.25, -0.2) is 4.98 Å². The number of ether oxygens (including phenoxy) is 2. The van der Waals surface area contributed by atoms with Gasteiger partial charge >= 0.3 is 6.18 Å². The number of hydrogen-bond donors (Lipinski definition) is 1. The monoisotopic (exact) mass is 395 g/mol. The lowest BCUT2D eigenvalue weighted by Crippen LogP contribution is -2.57. The Hall–Kier alpha value is -2.65. The summed E-state index contributed by atoms with van der Waals surface area (Å²) >= 11 is 0. The van der Waals surface area contributed by atoms with Crippen LogP contribution in [0.5, 0.6) is 11.6 Å². The van der Waals surface area contributed by atoms with Crippen LogP contribution in [0, 0.1) is 0 Å². The third kappa shape index (κ3) is 4.42. The Bertz CT molecular complexity index is 817. The van der Waals surface area contributed by atoms with Crippen molar-refractivity contribution in [2.75, 3.05) is 25.2 Å². The Labute approximate surface area is 160 Å². The maximum Gasteiger partial charge on any atom is 0.417 e. The zero-order valence-electron chi connectivity index (χ0n) is 15.2. The Kier molecular flexibility index (Phi) is 5.57. The number of pyridine rings is 1. The molecule has 0 saturated carbocycles. The molecule has 9 heteroatoms. The fraction of sp³-hybridized carbons (Fsp3) is 0.368. The minimum Gasteiger partial charge on any atom is -0.439 e. The molecule has 1 amide bonds. The number of rotatable bonds is 4. The van der Waals surface area contributed by atoms with Crippen LogP contribution in [0.15, 0.2) is 42.6 Å². The first-order valence-electron chi connectivity index (χ1n) is 8.65. The number of carbonyl (C=O) groups is 1. The molecule has 1 aliphatic heterocycles. The van der Waals surface area contributed by atoms with Gasteiger partial charge in [0.05, 0.1) is 5.56 Å². The van der Waals surface area contributed by atoms with Crippen LogP contribution in [0.2, 0.25) is 0 Å². The molecule has 1 aliphatic rings. The molecule has 0 aliphatic carbocycles. The number of hydrogen-bond acceptors (Lipinski definition) is 5. The molecular weight excluding hydrogens is 375 g/mol. The fourth-order valence-corrected chi connectivity index (χ4v) is 2.87. The molecule has 0 bridgehead atoms. The molecule has 28 heavy (non-hydrogen) atoms. The van der Waals surface area contributed by atoms with Gasteiger partial charge in [-0.05, 0) is 43.2 Å². The summed E-state index contributed by atoms with van der Waals surface area (Å²) < 4.78 is 48.4. The molecule has 6 nitrogen and oxygen atoms in total. The summed E-state index contributed by atoms with van der Waals surface area (Å²) in [7, 11) is 1.64. The van der Waals surface area contributed by atoms with Crippen molar-refractivity contribution < 1.29 is 27.4 Å². The number of anilines is 1. The van der Waals surface area contributed by atoms with Gasteiger partial charge in [-0.15, -0.1) is 0 Å². The van der Waals surface area contributed by atoms with Crippen LogP contribution >= 0.6 is 0 Å². The topological polar surface area (TPSA) is 77.7 Å². The Morgan fingerprint density at radius 1 is 1.18 bits per heavy atom. The van der Waals surface area contributed by atoms with Gasteiger partial charge in [-0.1, -0.05) is 0 Å². The average Bonchev–Trinajstić information content (AvgIpc) is 2.68. The number of aromatic nitrogens is 1. The fourth-order valence-electron chi connectivity index (χ4n) is 2.87. The zero-order chi connectivity index (χ0) is 20.4. The van der Waals surface area contributed by atoms with Crippen molar-refractivity contribution in [3.05, 3.63) is 48.2 Å². The highest BCUT2D eigenvalue weighted by Crippen LogP contribution is 2.30. The normalized spacial score (nSPS) is 16.5. The first-order chi connectivity index (χ1) is 13.2. The molecule has 2 heterocycles. The predicted molar refractivity (Wildman–Crippen MR) is 96.1 cm³/mol. The van der Waals surface area contributed by atoms with E-state index in [0.717, 1.165) is 12.1 Å². The van der Waals surface area contributed by atoms with Gasteiger partial charge in [0.1, 0.15) is 11.3 Å².